The second-order valence-corrected chi connectivity index (χ2v) is 9.68. The summed E-state index contributed by atoms with van der Waals surface area (Å²) >= 11 is 0. The average Bonchev–Trinajstić information content (AvgIpc) is 3.62. The van der Waals surface area contributed by atoms with Gasteiger partial charge >= 0.3 is 5.97 Å². The van der Waals surface area contributed by atoms with E-state index in [0.29, 0.717) is 53.3 Å². The summed E-state index contributed by atoms with van der Waals surface area (Å²) in [7, 11) is 7.73. The summed E-state index contributed by atoms with van der Waals surface area (Å²) < 4.78 is 44.8. The van der Waals surface area contributed by atoms with Gasteiger partial charge in [0, 0.05) is 22.8 Å². The average molecular weight is 599 g/mol. The molecule has 1 heterocycles. The van der Waals surface area contributed by atoms with Crippen molar-refractivity contribution in [3.05, 3.63) is 95.1 Å². The summed E-state index contributed by atoms with van der Waals surface area (Å²) in [6.07, 6.45) is 3.49. The molecule has 0 saturated carbocycles. The maximum atomic E-state index is 12.1. The Kier molecular flexibility index (Phi) is 9.69. The Labute approximate surface area is 256 Å². The van der Waals surface area contributed by atoms with Gasteiger partial charge in [0.25, 0.3) is 0 Å². The molecular formula is C35H34O9. The lowest BCUT2D eigenvalue weighted by atomic mass is 9.96. The standard InChI is InChI=1S/C35H34O9/c1-37-26-12-14-28(29-13-9-24(34(36)41-5)19-32(29)40-4)23(18-26)7-6-22-8-11-27(21-31(22)39-3)44-33-20-25(10-15-30(33)38-2)35-42-16-17-43-35/h6-15,18-21,35H,16-17H2,1-5H3/b7-6+. The van der Waals surface area contributed by atoms with E-state index in [2.05, 4.69) is 0 Å². The quantitative estimate of drug-likeness (QED) is 0.131. The molecule has 228 valence electrons. The highest BCUT2D eigenvalue weighted by atomic mass is 16.7. The minimum Gasteiger partial charge on any atom is -0.497 e. The van der Waals surface area contributed by atoms with Crippen LogP contribution in [0.5, 0.6) is 34.5 Å². The third-order valence-electron chi connectivity index (χ3n) is 7.13. The Balaban J connectivity index is 1.45. The molecule has 0 bridgehead atoms. The van der Waals surface area contributed by atoms with Crippen LogP contribution in [0.2, 0.25) is 0 Å². The molecule has 0 aliphatic carbocycles. The van der Waals surface area contributed by atoms with Crippen molar-refractivity contribution in [2.24, 2.45) is 0 Å². The number of methoxy groups -OCH3 is 5. The van der Waals surface area contributed by atoms with Gasteiger partial charge in [-0.1, -0.05) is 18.2 Å². The maximum Gasteiger partial charge on any atom is 0.337 e. The van der Waals surface area contributed by atoms with Crippen LogP contribution in [0.4, 0.5) is 0 Å². The Morgan fingerprint density at radius 2 is 1.34 bits per heavy atom. The Morgan fingerprint density at radius 3 is 2.05 bits per heavy atom. The molecule has 0 aromatic heterocycles. The van der Waals surface area contributed by atoms with Crippen LogP contribution in [0.15, 0.2) is 72.8 Å². The van der Waals surface area contributed by atoms with Gasteiger partial charge in [-0.2, -0.15) is 0 Å². The van der Waals surface area contributed by atoms with Crippen LogP contribution >= 0.6 is 0 Å². The molecule has 1 fully saturated rings. The molecule has 0 amide bonds. The van der Waals surface area contributed by atoms with E-state index in [-0.39, 0.29) is 0 Å². The fourth-order valence-electron chi connectivity index (χ4n) is 4.88. The van der Waals surface area contributed by atoms with Crippen molar-refractivity contribution in [2.45, 2.75) is 6.29 Å². The number of ether oxygens (including phenoxy) is 8. The van der Waals surface area contributed by atoms with Crippen molar-refractivity contribution >= 4 is 18.1 Å². The summed E-state index contributed by atoms with van der Waals surface area (Å²) in [5, 5.41) is 0. The maximum absolute atomic E-state index is 12.1. The molecule has 0 unspecified atom stereocenters. The van der Waals surface area contributed by atoms with Crippen molar-refractivity contribution in [1.29, 1.82) is 0 Å². The highest BCUT2D eigenvalue weighted by molar-refractivity contribution is 5.92. The molecule has 4 aromatic rings. The second kappa shape index (κ2) is 14.0. The van der Waals surface area contributed by atoms with Crippen molar-refractivity contribution in [1.82, 2.24) is 0 Å². The summed E-state index contributed by atoms with van der Waals surface area (Å²) in [5.74, 6) is 3.09. The number of carbonyl (C=O) groups is 1. The van der Waals surface area contributed by atoms with Crippen LogP contribution in [0.25, 0.3) is 23.3 Å². The summed E-state index contributed by atoms with van der Waals surface area (Å²) in [6.45, 7) is 1.09. The smallest absolute Gasteiger partial charge is 0.337 e. The first kappa shape index (κ1) is 30.5. The van der Waals surface area contributed by atoms with E-state index in [0.717, 1.165) is 27.8 Å². The molecule has 5 rings (SSSR count). The number of esters is 1. The number of hydrogen-bond donors (Lipinski definition) is 0. The van der Waals surface area contributed by atoms with Gasteiger partial charge in [0.2, 0.25) is 0 Å². The van der Waals surface area contributed by atoms with Gasteiger partial charge in [0.15, 0.2) is 17.8 Å². The first-order valence-electron chi connectivity index (χ1n) is 13.9. The zero-order valence-electron chi connectivity index (χ0n) is 25.2. The molecule has 0 spiro atoms. The van der Waals surface area contributed by atoms with Gasteiger partial charge in [-0.25, -0.2) is 4.79 Å². The molecular weight excluding hydrogens is 564 g/mol. The molecule has 0 N–H and O–H groups in total. The molecule has 0 radical (unpaired) electrons. The molecule has 9 heteroatoms. The molecule has 44 heavy (non-hydrogen) atoms. The van der Waals surface area contributed by atoms with E-state index in [1.54, 1.807) is 40.6 Å². The minimum atomic E-state index is -0.438. The highest BCUT2D eigenvalue weighted by Gasteiger charge is 2.21. The summed E-state index contributed by atoms with van der Waals surface area (Å²) in [5.41, 5.74) is 4.63. The van der Waals surface area contributed by atoms with Crippen molar-refractivity contribution in [3.8, 4) is 45.6 Å². The lowest BCUT2D eigenvalue weighted by Crippen LogP contribution is -2.02. The first-order valence-corrected chi connectivity index (χ1v) is 13.9. The van der Waals surface area contributed by atoms with Crippen LogP contribution in [0, 0.1) is 0 Å². The van der Waals surface area contributed by atoms with Gasteiger partial charge in [0.05, 0.1) is 54.3 Å². The van der Waals surface area contributed by atoms with Crippen molar-refractivity contribution in [2.75, 3.05) is 48.8 Å². The highest BCUT2D eigenvalue weighted by Crippen LogP contribution is 2.39. The second-order valence-electron chi connectivity index (χ2n) is 9.68. The number of rotatable bonds is 11. The lowest BCUT2D eigenvalue weighted by Gasteiger charge is -2.16. The van der Waals surface area contributed by atoms with E-state index in [1.165, 1.54) is 7.11 Å². The van der Waals surface area contributed by atoms with Crippen LogP contribution in [-0.4, -0.2) is 54.7 Å². The largest absolute Gasteiger partial charge is 0.497 e. The SMILES string of the molecule is COC(=O)c1ccc(-c2ccc(OC)cc2/C=C/c2ccc(Oc3cc(C4OCCO4)ccc3OC)cc2OC)c(OC)c1. The first-order chi connectivity index (χ1) is 21.5. The van der Waals surface area contributed by atoms with Gasteiger partial charge in [-0.15, -0.1) is 0 Å². The predicted octanol–water partition coefficient (Wildman–Crippen LogP) is 7.18. The molecule has 1 aliphatic heterocycles. The monoisotopic (exact) mass is 598 g/mol. The van der Waals surface area contributed by atoms with Gasteiger partial charge in [-0.05, 0) is 71.8 Å². The Bertz CT molecular complexity index is 1650. The van der Waals surface area contributed by atoms with E-state index in [4.69, 9.17) is 37.9 Å². The fraction of sp³-hybridized carbons (Fsp3) is 0.229. The molecule has 1 aliphatic rings. The van der Waals surface area contributed by atoms with E-state index >= 15 is 0 Å². The molecule has 9 nitrogen and oxygen atoms in total. The zero-order chi connectivity index (χ0) is 31.1. The predicted molar refractivity (Wildman–Crippen MR) is 166 cm³/mol. The van der Waals surface area contributed by atoms with E-state index in [9.17, 15) is 4.79 Å². The van der Waals surface area contributed by atoms with Gasteiger partial charge < -0.3 is 37.9 Å². The third kappa shape index (κ3) is 6.64. The topological polar surface area (TPSA) is 90.9 Å². The summed E-state index contributed by atoms with van der Waals surface area (Å²) in [6, 6.07) is 22.1. The van der Waals surface area contributed by atoms with Gasteiger partial charge in [0.1, 0.15) is 23.0 Å². The van der Waals surface area contributed by atoms with E-state index < -0.39 is 12.3 Å². The van der Waals surface area contributed by atoms with Crippen LogP contribution in [-0.2, 0) is 14.2 Å². The molecule has 0 atom stereocenters. The van der Waals surface area contributed by atoms with E-state index in [1.807, 2.05) is 72.8 Å². The zero-order valence-corrected chi connectivity index (χ0v) is 25.2. The van der Waals surface area contributed by atoms with Crippen molar-refractivity contribution in [3.63, 3.8) is 0 Å². The number of benzene rings is 4. The Morgan fingerprint density at radius 1 is 0.636 bits per heavy atom. The molecule has 4 aromatic carbocycles. The Hall–Kier alpha value is -4.99. The minimum absolute atomic E-state index is 0.398. The summed E-state index contributed by atoms with van der Waals surface area (Å²) in [4.78, 5) is 12.1. The molecule has 1 saturated heterocycles. The van der Waals surface area contributed by atoms with Crippen LogP contribution in [0.1, 0.15) is 33.3 Å². The van der Waals surface area contributed by atoms with Crippen molar-refractivity contribution < 1.29 is 42.7 Å². The lowest BCUT2D eigenvalue weighted by molar-refractivity contribution is -0.0442. The van der Waals surface area contributed by atoms with Crippen LogP contribution < -0.4 is 23.7 Å². The number of hydrogen-bond acceptors (Lipinski definition) is 9. The van der Waals surface area contributed by atoms with Gasteiger partial charge in [-0.3, -0.25) is 0 Å². The normalized spacial score (nSPS) is 13.1. The number of carbonyl (C=O) groups excluding carboxylic acids is 1. The third-order valence-corrected chi connectivity index (χ3v) is 7.13. The van der Waals surface area contributed by atoms with Crippen LogP contribution in [0.3, 0.4) is 0 Å². The fourth-order valence-corrected chi connectivity index (χ4v) is 4.88.